The van der Waals surface area contributed by atoms with Gasteiger partial charge in [-0.25, -0.2) is 0 Å². The van der Waals surface area contributed by atoms with Crippen LogP contribution in [0.25, 0.3) is 0 Å². The largest absolute Gasteiger partial charge is 0.481 e. The molecule has 0 spiro atoms. The van der Waals surface area contributed by atoms with Gasteiger partial charge in [0, 0.05) is 19.6 Å². The maximum atomic E-state index is 12.0. The van der Waals surface area contributed by atoms with Gasteiger partial charge in [-0.05, 0) is 19.3 Å². The first-order chi connectivity index (χ1) is 26.5. The van der Waals surface area contributed by atoms with Crippen LogP contribution >= 0.6 is 0 Å². The molecular formula is C37H71NO16. The number of rotatable bonds is 45. The molecule has 0 saturated carbocycles. The van der Waals surface area contributed by atoms with E-state index in [9.17, 15) is 14.4 Å². The second-order valence-corrected chi connectivity index (χ2v) is 11.7. The van der Waals surface area contributed by atoms with Crippen molar-refractivity contribution in [2.24, 2.45) is 5.92 Å². The standard InChI is InChI=1S/C37H71NO16/c1-3-5-7-34(4-2)37(42)54-33-32-53-31-30-52-29-28-51-27-26-50-25-24-49-23-22-48-21-20-47-19-18-46-17-16-45-15-14-44-13-12-43-11-6-10-38-35(39)8-9-36(40)41/h34H,3-33H2,1-2H3,(H,38,39)(H,40,41). The van der Waals surface area contributed by atoms with E-state index in [1.165, 1.54) is 0 Å². The van der Waals surface area contributed by atoms with Crippen molar-refractivity contribution >= 4 is 17.8 Å². The Bertz CT molecular complexity index is 825. The summed E-state index contributed by atoms with van der Waals surface area (Å²) in [5, 5.41) is 11.2. The van der Waals surface area contributed by atoms with Gasteiger partial charge >= 0.3 is 11.9 Å². The normalized spacial score (nSPS) is 11.9. The Morgan fingerprint density at radius 3 is 1.11 bits per heavy atom. The van der Waals surface area contributed by atoms with Gasteiger partial charge in [-0.1, -0.05) is 26.7 Å². The third-order valence-electron chi connectivity index (χ3n) is 7.28. The molecule has 1 unspecified atom stereocenters. The molecule has 0 aromatic rings. The number of carboxylic acids is 1. The van der Waals surface area contributed by atoms with E-state index in [-0.39, 0.29) is 37.2 Å². The molecule has 54 heavy (non-hydrogen) atoms. The fourth-order valence-corrected chi connectivity index (χ4v) is 4.27. The fraction of sp³-hybridized carbons (Fsp3) is 0.919. The first-order valence-corrected chi connectivity index (χ1v) is 19.5. The molecule has 0 aromatic carbocycles. The predicted molar refractivity (Wildman–Crippen MR) is 198 cm³/mol. The predicted octanol–water partition coefficient (Wildman–Crippen LogP) is 2.30. The summed E-state index contributed by atoms with van der Waals surface area (Å²) in [6, 6.07) is 0. The van der Waals surface area contributed by atoms with E-state index in [2.05, 4.69) is 12.2 Å². The second-order valence-electron chi connectivity index (χ2n) is 11.7. The van der Waals surface area contributed by atoms with Gasteiger partial charge in [0.1, 0.15) is 6.61 Å². The lowest BCUT2D eigenvalue weighted by atomic mass is 10.00. The molecule has 0 aliphatic carbocycles. The fourth-order valence-electron chi connectivity index (χ4n) is 4.27. The van der Waals surface area contributed by atoms with E-state index in [0.717, 1.165) is 25.7 Å². The van der Waals surface area contributed by atoms with Crippen LogP contribution in [0.4, 0.5) is 0 Å². The summed E-state index contributed by atoms with van der Waals surface area (Å²) in [4.78, 5) is 33.8. The number of amides is 1. The molecule has 17 heteroatoms. The molecule has 17 nitrogen and oxygen atoms in total. The molecule has 0 radical (unpaired) electrons. The minimum atomic E-state index is -0.985. The zero-order valence-corrected chi connectivity index (χ0v) is 33.1. The van der Waals surface area contributed by atoms with Crippen molar-refractivity contribution < 1.29 is 76.3 Å². The second kappa shape index (κ2) is 43.7. The number of esters is 1. The minimum Gasteiger partial charge on any atom is -0.481 e. The van der Waals surface area contributed by atoms with Gasteiger partial charge in [0.05, 0.1) is 151 Å². The van der Waals surface area contributed by atoms with Gasteiger partial charge < -0.3 is 67.3 Å². The highest BCUT2D eigenvalue weighted by atomic mass is 16.6. The number of carbonyl (C=O) groups excluding carboxylic acids is 2. The third-order valence-corrected chi connectivity index (χ3v) is 7.28. The molecule has 0 aliphatic rings. The summed E-state index contributed by atoms with van der Waals surface area (Å²) < 4.78 is 65.4. The average molecular weight is 786 g/mol. The summed E-state index contributed by atoms with van der Waals surface area (Å²) >= 11 is 0. The SMILES string of the molecule is CCCCC(CC)C(=O)OCCOCCOCCOCCOCCOCCOCCOCCOCCOCCOCCOCCCNC(=O)CCC(=O)O. The quantitative estimate of drug-likeness (QED) is 0.0674. The summed E-state index contributed by atoms with van der Waals surface area (Å²) in [6.45, 7) is 15.1. The van der Waals surface area contributed by atoms with Crippen molar-refractivity contribution in [3.63, 3.8) is 0 Å². The number of hydrogen-bond acceptors (Lipinski definition) is 15. The van der Waals surface area contributed by atoms with E-state index in [4.69, 9.17) is 61.9 Å². The van der Waals surface area contributed by atoms with Gasteiger partial charge in [0.15, 0.2) is 0 Å². The van der Waals surface area contributed by atoms with Crippen LogP contribution in [0.3, 0.4) is 0 Å². The van der Waals surface area contributed by atoms with Gasteiger partial charge in [-0.15, -0.1) is 0 Å². The van der Waals surface area contributed by atoms with Gasteiger partial charge in [-0.3, -0.25) is 14.4 Å². The number of carboxylic acid groups (broad SMARTS) is 1. The first-order valence-electron chi connectivity index (χ1n) is 19.5. The van der Waals surface area contributed by atoms with Crippen molar-refractivity contribution in [2.75, 3.05) is 159 Å². The molecule has 0 aromatic heterocycles. The zero-order valence-electron chi connectivity index (χ0n) is 33.1. The van der Waals surface area contributed by atoms with Crippen LogP contribution in [0.15, 0.2) is 0 Å². The molecule has 2 N–H and O–H groups in total. The maximum Gasteiger partial charge on any atom is 0.308 e. The average Bonchev–Trinajstić information content (AvgIpc) is 3.16. The molecule has 1 amide bonds. The third kappa shape index (κ3) is 41.1. The minimum absolute atomic E-state index is 0.0116. The lowest BCUT2D eigenvalue weighted by Gasteiger charge is -2.13. The number of carbonyl (C=O) groups is 3. The highest BCUT2D eigenvalue weighted by molar-refractivity contribution is 5.80. The van der Waals surface area contributed by atoms with E-state index < -0.39 is 5.97 Å². The lowest BCUT2D eigenvalue weighted by molar-refractivity contribution is -0.150. The van der Waals surface area contributed by atoms with Gasteiger partial charge in [-0.2, -0.15) is 0 Å². The maximum absolute atomic E-state index is 12.0. The smallest absolute Gasteiger partial charge is 0.308 e. The van der Waals surface area contributed by atoms with Crippen LogP contribution in [0.2, 0.25) is 0 Å². The number of unbranched alkanes of at least 4 members (excludes halogenated alkanes) is 1. The molecule has 0 heterocycles. The Labute approximate surface area is 322 Å². The molecule has 1 atom stereocenters. The monoisotopic (exact) mass is 785 g/mol. The molecule has 0 aliphatic heterocycles. The number of nitrogens with one attached hydrogen (secondary N) is 1. The number of hydrogen-bond donors (Lipinski definition) is 2. The highest BCUT2D eigenvalue weighted by Crippen LogP contribution is 2.14. The van der Waals surface area contributed by atoms with Crippen LogP contribution in [0, 0.1) is 5.92 Å². The van der Waals surface area contributed by atoms with Crippen molar-refractivity contribution in [3.05, 3.63) is 0 Å². The number of ether oxygens (including phenoxy) is 12. The molecule has 0 bridgehead atoms. The lowest BCUT2D eigenvalue weighted by Crippen LogP contribution is -2.25. The first kappa shape index (κ1) is 52.0. The van der Waals surface area contributed by atoms with Crippen molar-refractivity contribution in [3.8, 4) is 0 Å². The van der Waals surface area contributed by atoms with Crippen molar-refractivity contribution in [2.45, 2.75) is 58.8 Å². The molecule has 320 valence electrons. The van der Waals surface area contributed by atoms with Crippen LogP contribution in [-0.4, -0.2) is 181 Å². The number of aliphatic carboxylic acids is 1. The summed E-state index contributed by atoms with van der Waals surface area (Å²) in [6.07, 6.45) is 4.27. The van der Waals surface area contributed by atoms with Crippen LogP contribution in [0.5, 0.6) is 0 Å². The van der Waals surface area contributed by atoms with E-state index >= 15 is 0 Å². The molecule has 0 rings (SSSR count). The van der Waals surface area contributed by atoms with Gasteiger partial charge in [0.25, 0.3) is 0 Å². The Morgan fingerprint density at radius 1 is 0.463 bits per heavy atom. The van der Waals surface area contributed by atoms with Crippen LogP contribution < -0.4 is 5.32 Å². The molecule has 0 fully saturated rings. The summed E-state index contributed by atoms with van der Waals surface area (Å²) in [7, 11) is 0. The van der Waals surface area contributed by atoms with E-state index in [1.807, 2.05) is 6.92 Å². The van der Waals surface area contributed by atoms with E-state index in [0.29, 0.717) is 158 Å². The van der Waals surface area contributed by atoms with Crippen molar-refractivity contribution in [1.29, 1.82) is 0 Å². The Kier molecular flexibility index (Phi) is 42.1. The Balaban J connectivity index is 3.16. The van der Waals surface area contributed by atoms with Gasteiger partial charge in [0.2, 0.25) is 5.91 Å². The van der Waals surface area contributed by atoms with Crippen LogP contribution in [-0.2, 0) is 71.2 Å². The van der Waals surface area contributed by atoms with Crippen molar-refractivity contribution in [1.82, 2.24) is 5.32 Å². The Hall–Kier alpha value is -2.03. The highest BCUT2D eigenvalue weighted by Gasteiger charge is 2.17. The van der Waals surface area contributed by atoms with E-state index in [1.54, 1.807) is 0 Å². The molecule has 0 saturated heterocycles. The van der Waals surface area contributed by atoms with Crippen LogP contribution in [0.1, 0.15) is 58.8 Å². The molecular weight excluding hydrogens is 714 g/mol. The summed E-state index contributed by atoms with van der Waals surface area (Å²) in [5.41, 5.74) is 0. The zero-order chi connectivity index (χ0) is 39.4. The summed E-state index contributed by atoms with van der Waals surface area (Å²) in [5.74, 6) is -1.39. The topological polar surface area (TPSA) is 194 Å². The Morgan fingerprint density at radius 2 is 0.796 bits per heavy atom.